The van der Waals surface area contributed by atoms with Gasteiger partial charge in [-0.15, -0.1) is 21.8 Å². The van der Waals surface area contributed by atoms with Crippen molar-refractivity contribution >= 4 is 22.9 Å². The van der Waals surface area contributed by atoms with Crippen molar-refractivity contribution in [1.82, 2.24) is 10.2 Å². The summed E-state index contributed by atoms with van der Waals surface area (Å²) >= 11 is 6.51. The van der Waals surface area contributed by atoms with Crippen LogP contribution in [0.15, 0.2) is 0 Å². The molecule has 1 unspecified atom stereocenters. The van der Waals surface area contributed by atoms with Gasteiger partial charge in [0.25, 0.3) is 0 Å². The maximum absolute atomic E-state index is 11.9. The van der Waals surface area contributed by atoms with Crippen molar-refractivity contribution in [3.8, 4) is 0 Å². The Hall–Kier alpha value is -0.360. The summed E-state index contributed by atoms with van der Waals surface area (Å²) in [7, 11) is 0. The van der Waals surface area contributed by atoms with E-state index in [1.54, 1.807) is 6.92 Å². The molecule has 0 aliphatic carbocycles. The molecule has 0 N–H and O–H groups in total. The minimum Gasteiger partial charge on any atom is -0.171 e. The Balaban J connectivity index is 2.70. The summed E-state index contributed by atoms with van der Waals surface area (Å²) in [6.07, 6.45) is -5.26. The van der Waals surface area contributed by atoms with Crippen molar-refractivity contribution in [3.05, 3.63) is 10.0 Å². The van der Waals surface area contributed by atoms with Crippen molar-refractivity contribution in [3.63, 3.8) is 0 Å². The van der Waals surface area contributed by atoms with E-state index in [9.17, 15) is 13.2 Å². The summed E-state index contributed by atoms with van der Waals surface area (Å²) in [5.74, 6) is 0. The van der Waals surface area contributed by atoms with E-state index < -0.39 is 12.6 Å². The second-order valence-corrected chi connectivity index (χ2v) is 4.19. The van der Waals surface area contributed by atoms with Gasteiger partial charge >= 0.3 is 6.18 Å². The first kappa shape index (κ1) is 10.7. The Kier molecular flexibility index (Phi) is 3.13. The monoisotopic (exact) mass is 230 g/mol. The van der Waals surface area contributed by atoms with Gasteiger partial charge in [0.1, 0.15) is 10.0 Å². The Labute approximate surface area is 81.7 Å². The SMILES string of the molecule is CC(Cl)c1nnc(CC(F)(F)F)s1. The molecule has 0 saturated heterocycles. The van der Waals surface area contributed by atoms with Gasteiger partial charge in [-0.1, -0.05) is 11.3 Å². The first-order valence-corrected chi connectivity index (χ1v) is 4.67. The second kappa shape index (κ2) is 3.79. The third-order valence-corrected chi connectivity index (χ3v) is 2.62. The van der Waals surface area contributed by atoms with E-state index >= 15 is 0 Å². The fourth-order valence-electron chi connectivity index (χ4n) is 0.670. The lowest BCUT2D eigenvalue weighted by molar-refractivity contribution is -0.127. The molecule has 0 spiro atoms. The highest BCUT2D eigenvalue weighted by Crippen LogP contribution is 2.27. The van der Waals surface area contributed by atoms with Crippen LogP contribution < -0.4 is 0 Å². The van der Waals surface area contributed by atoms with Gasteiger partial charge < -0.3 is 0 Å². The Bertz CT molecular complexity index is 284. The summed E-state index contributed by atoms with van der Waals surface area (Å²) in [4.78, 5) is 0. The first-order chi connectivity index (χ1) is 5.88. The van der Waals surface area contributed by atoms with Crippen LogP contribution >= 0.6 is 22.9 Å². The molecule has 1 heterocycles. The standard InChI is InChI=1S/C6H6ClF3N2S/c1-3(7)5-12-11-4(13-5)2-6(8,9)10/h3H,2H2,1H3. The molecule has 74 valence electrons. The minimum absolute atomic E-state index is 0.0463. The van der Waals surface area contributed by atoms with Crippen molar-refractivity contribution in [1.29, 1.82) is 0 Å². The Morgan fingerprint density at radius 2 is 2.08 bits per heavy atom. The number of hydrogen-bond acceptors (Lipinski definition) is 3. The molecule has 0 fully saturated rings. The maximum Gasteiger partial charge on any atom is 0.395 e. The van der Waals surface area contributed by atoms with E-state index in [2.05, 4.69) is 10.2 Å². The number of hydrogen-bond donors (Lipinski definition) is 0. The van der Waals surface area contributed by atoms with E-state index in [1.807, 2.05) is 0 Å². The van der Waals surface area contributed by atoms with Gasteiger partial charge in [-0.05, 0) is 6.92 Å². The number of halogens is 4. The van der Waals surface area contributed by atoms with Crippen molar-refractivity contribution < 1.29 is 13.2 Å². The molecule has 0 aliphatic heterocycles. The molecule has 1 rings (SSSR count). The number of aromatic nitrogens is 2. The topological polar surface area (TPSA) is 25.8 Å². The molecule has 0 bridgehead atoms. The fraction of sp³-hybridized carbons (Fsp3) is 0.667. The predicted octanol–water partition coefficient (Wildman–Crippen LogP) is 2.94. The van der Waals surface area contributed by atoms with E-state index in [1.165, 1.54) is 0 Å². The van der Waals surface area contributed by atoms with Crippen LogP contribution in [0.5, 0.6) is 0 Å². The highest BCUT2D eigenvalue weighted by Gasteiger charge is 2.30. The molecule has 0 aromatic carbocycles. The van der Waals surface area contributed by atoms with Gasteiger partial charge in [0.2, 0.25) is 0 Å². The fourth-order valence-corrected chi connectivity index (χ4v) is 1.65. The van der Waals surface area contributed by atoms with Crippen molar-refractivity contribution in [2.45, 2.75) is 24.9 Å². The molecular formula is C6H6ClF3N2S. The zero-order valence-electron chi connectivity index (χ0n) is 6.60. The predicted molar refractivity (Wildman–Crippen MR) is 43.9 cm³/mol. The third-order valence-electron chi connectivity index (χ3n) is 1.17. The Morgan fingerprint density at radius 1 is 1.46 bits per heavy atom. The summed E-state index contributed by atoms with van der Waals surface area (Å²) in [6, 6.07) is 0. The van der Waals surface area contributed by atoms with Crippen LogP contribution in [-0.4, -0.2) is 16.4 Å². The molecule has 0 saturated carbocycles. The molecule has 0 aliphatic rings. The van der Waals surface area contributed by atoms with E-state index in [-0.39, 0.29) is 10.4 Å². The van der Waals surface area contributed by atoms with Crippen LogP contribution in [0.25, 0.3) is 0 Å². The van der Waals surface area contributed by atoms with Gasteiger partial charge in [-0.25, -0.2) is 0 Å². The molecule has 1 atom stereocenters. The molecule has 2 nitrogen and oxygen atoms in total. The lowest BCUT2D eigenvalue weighted by Gasteiger charge is -2.00. The van der Waals surface area contributed by atoms with Crippen LogP contribution in [0.1, 0.15) is 22.3 Å². The van der Waals surface area contributed by atoms with Gasteiger partial charge in [-0.3, -0.25) is 0 Å². The maximum atomic E-state index is 11.9. The third kappa shape index (κ3) is 3.48. The average molecular weight is 231 g/mol. The van der Waals surface area contributed by atoms with E-state index in [0.29, 0.717) is 5.01 Å². The highest BCUT2D eigenvalue weighted by atomic mass is 35.5. The van der Waals surface area contributed by atoms with Gasteiger partial charge in [0, 0.05) is 0 Å². The minimum atomic E-state index is -4.23. The average Bonchev–Trinajstić information content (AvgIpc) is 2.31. The van der Waals surface area contributed by atoms with Gasteiger partial charge in [-0.2, -0.15) is 13.2 Å². The molecule has 1 aromatic heterocycles. The number of rotatable bonds is 2. The molecule has 0 amide bonds. The molecule has 7 heteroatoms. The normalized spacial score (nSPS) is 14.5. The molecular weight excluding hydrogens is 225 g/mol. The lowest BCUT2D eigenvalue weighted by atomic mass is 10.4. The summed E-state index contributed by atoms with van der Waals surface area (Å²) < 4.78 is 35.6. The van der Waals surface area contributed by atoms with Crippen LogP contribution in [0.2, 0.25) is 0 Å². The van der Waals surface area contributed by atoms with Gasteiger partial charge in [0.05, 0.1) is 11.8 Å². The van der Waals surface area contributed by atoms with Crippen molar-refractivity contribution in [2.75, 3.05) is 0 Å². The van der Waals surface area contributed by atoms with Gasteiger partial charge in [0.15, 0.2) is 0 Å². The number of alkyl halides is 4. The Morgan fingerprint density at radius 3 is 2.46 bits per heavy atom. The second-order valence-electron chi connectivity index (χ2n) is 2.44. The lowest BCUT2D eigenvalue weighted by Crippen LogP contribution is -2.11. The van der Waals surface area contributed by atoms with Crippen LogP contribution in [0.4, 0.5) is 13.2 Å². The highest BCUT2D eigenvalue weighted by molar-refractivity contribution is 7.11. The van der Waals surface area contributed by atoms with E-state index in [4.69, 9.17) is 11.6 Å². The zero-order chi connectivity index (χ0) is 10.1. The first-order valence-electron chi connectivity index (χ1n) is 3.41. The summed E-state index contributed by atoms with van der Waals surface area (Å²) in [6.45, 7) is 1.64. The quantitative estimate of drug-likeness (QED) is 0.730. The summed E-state index contributed by atoms with van der Waals surface area (Å²) in [5.41, 5.74) is 0. The number of nitrogens with zero attached hydrogens (tertiary/aromatic N) is 2. The van der Waals surface area contributed by atoms with Crippen LogP contribution in [0, 0.1) is 0 Å². The van der Waals surface area contributed by atoms with Crippen LogP contribution in [0.3, 0.4) is 0 Å². The molecule has 1 aromatic rings. The van der Waals surface area contributed by atoms with E-state index in [0.717, 1.165) is 11.3 Å². The molecule has 0 radical (unpaired) electrons. The smallest absolute Gasteiger partial charge is 0.171 e. The van der Waals surface area contributed by atoms with Crippen LogP contribution in [-0.2, 0) is 6.42 Å². The van der Waals surface area contributed by atoms with Crippen molar-refractivity contribution in [2.24, 2.45) is 0 Å². The largest absolute Gasteiger partial charge is 0.395 e. The summed E-state index contributed by atoms with van der Waals surface area (Å²) in [5, 5.41) is 6.91. The zero-order valence-corrected chi connectivity index (χ0v) is 8.17. The molecule has 13 heavy (non-hydrogen) atoms.